The van der Waals surface area contributed by atoms with Crippen LogP contribution < -0.4 is 10.6 Å². The van der Waals surface area contributed by atoms with Crippen molar-refractivity contribution in [2.45, 2.75) is 56.5 Å². The summed E-state index contributed by atoms with van der Waals surface area (Å²) in [6.07, 6.45) is 7.74. The molecule has 0 unspecified atom stereocenters. The Morgan fingerprint density at radius 1 is 0.833 bits per heavy atom. The van der Waals surface area contributed by atoms with Crippen molar-refractivity contribution in [2.75, 3.05) is 0 Å². The molecule has 4 saturated carbocycles. The van der Waals surface area contributed by atoms with Crippen LogP contribution >= 0.6 is 0 Å². The van der Waals surface area contributed by atoms with Gasteiger partial charge in [0.2, 0.25) is 5.91 Å². The highest BCUT2D eigenvalue weighted by molar-refractivity contribution is 5.94. The lowest BCUT2D eigenvalue weighted by Gasteiger charge is -2.57. The lowest BCUT2D eigenvalue weighted by atomic mass is 9.53. The molecular formula is C26H30N2O2. The van der Waals surface area contributed by atoms with Crippen molar-refractivity contribution >= 4 is 11.8 Å². The van der Waals surface area contributed by atoms with Crippen LogP contribution in [0.5, 0.6) is 0 Å². The fourth-order valence-electron chi connectivity index (χ4n) is 6.56. The molecule has 0 saturated heterocycles. The predicted octanol–water partition coefficient (Wildman–Crippen LogP) is 4.63. The molecule has 30 heavy (non-hydrogen) atoms. The van der Waals surface area contributed by atoms with Crippen LogP contribution in [0.4, 0.5) is 0 Å². The topological polar surface area (TPSA) is 58.2 Å². The summed E-state index contributed by atoms with van der Waals surface area (Å²) < 4.78 is 0. The third-order valence-electron chi connectivity index (χ3n) is 7.38. The van der Waals surface area contributed by atoms with E-state index in [9.17, 15) is 9.59 Å². The van der Waals surface area contributed by atoms with E-state index in [0.717, 1.165) is 42.6 Å². The van der Waals surface area contributed by atoms with E-state index >= 15 is 0 Å². The van der Waals surface area contributed by atoms with Crippen molar-refractivity contribution in [3.8, 4) is 0 Å². The van der Waals surface area contributed by atoms with Crippen LogP contribution in [-0.2, 0) is 4.79 Å². The first-order valence-corrected chi connectivity index (χ1v) is 11.3. The van der Waals surface area contributed by atoms with Gasteiger partial charge in [0, 0.05) is 11.1 Å². The summed E-state index contributed by atoms with van der Waals surface area (Å²) in [5.74, 6) is 2.28. The van der Waals surface area contributed by atoms with Crippen LogP contribution in [0.15, 0.2) is 60.7 Å². The van der Waals surface area contributed by atoms with Crippen molar-refractivity contribution in [3.63, 3.8) is 0 Å². The number of benzene rings is 2. The zero-order valence-electron chi connectivity index (χ0n) is 17.3. The van der Waals surface area contributed by atoms with Gasteiger partial charge in [-0.1, -0.05) is 48.5 Å². The standard InChI is InChI=1S/C26H30N2O2/c29-24(28-26-15-18-11-19(16-26)13-20(12-18)17-26)14-23(21-7-3-1-4-8-21)27-25(30)22-9-5-2-6-10-22/h1-10,18-20,23H,11-17H2,(H,27,30)(H,28,29)/t18?,19?,20?,23-,26?/m0/s1. The highest BCUT2D eigenvalue weighted by Crippen LogP contribution is 2.55. The molecule has 4 nitrogen and oxygen atoms in total. The molecule has 2 N–H and O–H groups in total. The van der Waals surface area contributed by atoms with Gasteiger partial charge in [-0.25, -0.2) is 0 Å². The zero-order chi connectivity index (χ0) is 20.6. The second-order valence-corrected chi connectivity index (χ2v) is 9.75. The van der Waals surface area contributed by atoms with Crippen molar-refractivity contribution in [3.05, 3.63) is 71.8 Å². The Morgan fingerprint density at radius 2 is 1.37 bits per heavy atom. The van der Waals surface area contributed by atoms with E-state index in [0.29, 0.717) is 5.56 Å². The Kier molecular flexibility index (Phi) is 5.10. The minimum atomic E-state index is -0.340. The first-order chi connectivity index (χ1) is 14.6. The van der Waals surface area contributed by atoms with E-state index in [-0.39, 0.29) is 29.8 Å². The molecule has 2 amide bonds. The van der Waals surface area contributed by atoms with E-state index in [2.05, 4.69) is 10.6 Å². The van der Waals surface area contributed by atoms with Crippen molar-refractivity contribution in [2.24, 2.45) is 17.8 Å². The highest BCUT2D eigenvalue weighted by atomic mass is 16.2. The molecule has 4 aliphatic carbocycles. The Morgan fingerprint density at radius 3 is 1.93 bits per heavy atom. The maximum atomic E-state index is 13.2. The van der Waals surface area contributed by atoms with Crippen LogP contribution in [0.3, 0.4) is 0 Å². The van der Waals surface area contributed by atoms with E-state index in [1.807, 2.05) is 48.5 Å². The maximum absolute atomic E-state index is 13.2. The van der Waals surface area contributed by atoms with Crippen LogP contribution in [0.25, 0.3) is 0 Å². The Bertz CT molecular complexity index is 874. The van der Waals surface area contributed by atoms with E-state index < -0.39 is 0 Å². The van der Waals surface area contributed by atoms with Gasteiger partial charge in [0.25, 0.3) is 5.91 Å². The van der Waals surface area contributed by atoms with Crippen LogP contribution in [0, 0.1) is 17.8 Å². The first-order valence-electron chi connectivity index (χ1n) is 11.3. The maximum Gasteiger partial charge on any atom is 0.251 e. The smallest absolute Gasteiger partial charge is 0.251 e. The van der Waals surface area contributed by atoms with E-state index in [1.165, 1.54) is 19.3 Å². The fraction of sp³-hybridized carbons (Fsp3) is 0.462. The lowest BCUT2D eigenvalue weighted by Crippen LogP contribution is -2.60. The van der Waals surface area contributed by atoms with Gasteiger partial charge in [-0.05, 0) is 74.0 Å². The molecule has 0 heterocycles. The van der Waals surface area contributed by atoms with Gasteiger partial charge < -0.3 is 10.6 Å². The largest absolute Gasteiger partial charge is 0.351 e. The minimum absolute atomic E-state index is 0.00346. The molecular weight excluding hydrogens is 372 g/mol. The van der Waals surface area contributed by atoms with Crippen LogP contribution in [-0.4, -0.2) is 17.4 Å². The molecule has 156 valence electrons. The molecule has 0 aromatic heterocycles. The highest BCUT2D eigenvalue weighted by Gasteiger charge is 2.51. The van der Waals surface area contributed by atoms with Crippen LogP contribution in [0.1, 0.15) is 66.9 Å². The summed E-state index contributed by atoms with van der Waals surface area (Å²) in [6.45, 7) is 0. The molecule has 0 spiro atoms. The molecule has 4 fully saturated rings. The summed E-state index contributed by atoms with van der Waals surface area (Å²) in [5, 5.41) is 6.54. The fourth-order valence-corrected chi connectivity index (χ4v) is 6.56. The van der Waals surface area contributed by atoms with Crippen LogP contribution in [0.2, 0.25) is 0 Å². The number of carbonyl (C=O) groups excluding carboxylic acids is 2. The molecule has 2 aromatic carbocycles. The number of hydrogen-bond donors (Lipinski definition) is 2. The number of rotatable bonds is 6. The minimum Gasteiger partial charge on any atom is -0.351 e. The van der Waals surface area contributed by atoms with E-state index in [1.54, 1.807) is 12.1 Å². The summed E-state index contributed by atoms with van der Waals surface area (Å²) in [5.41, 5.74) is 1.57. The summed E-state index contributed by atoms with van der Waals surface area (Å²) in [7, 11) is 0. The Balaban J connectivity index is 1.30. The predicted molar refractivity (Wildman–Crippen MR) is 117 cm³/mol. The molecule has 6 rings (SSSR count). The zero-order valence-corrected chi connectivity index (χ0v) is 17.3. The van der Waals surface area contributed by atoms with Gasteiger partial charge in [-0.3, -0.25) is 9.59 Å². The van der Waals surface area contributed by atoms with Gasteiger partial charge >= 0.3 is 0 Å². The summed E-state index contributed by atoms with van der Waals surface area (Å²) >= 11 is 0. The van der Waals surface area contributed by atoms with Crippen molar-refractivity contribution in [1.29, 1.82) is 0 Å². The third-order valence-corrected chi connectivity index (χ3v) is 7.38. The van der Waals surface area contributed by atoms with Crippen molar-refractivity contribution in [1.82, 2.24) is 10.6 Å². The quantitative estimate of drug-likeness (QED) is 0.740. The second-order valence-electron chi connectivity index (χ2n) is 9.75. The second kappa shape index (κ2) is 7.90. The van der Waals surface area contributed by atoms with Gasteiger partial charge in [-0.15, -0.1) is 0 Å². The molecule has 4 heteroatoms. The van der Waals surface area contributed by atoms with Crippen molar-refractivity contribution < 1.29 is 9.59 Å². The lowest BCUT2D eigenvalue weighted by molar-refractivity contribution is -0.127. The summed E-state index contributed by atoms with van der Waals surface area (Å²) in [6, 6.07) is 18.7. The first kappa shape index (κ1) is 19.3. The molecule has 0 radical (unpaired) electrons. The van der Waals surface area contributed by atoms with Gasteiger partial charge in [0.15, 0.2) is 0 Å². The monoisotopic (exact) mass is 402 g/mol. The number of hydrogen-bond acceptors (Lipinski definition) is 2. The molecule has 2 aromatic rings. The third kappa shape index (κ3) is 4.00. The van der Waals surface area contributed by atoms with Gasteiger partial charge in [0.1, 0.15) is 0 Å². The number of carbonyl (C=O) groups is 2. The normalized spacial score (nSPS) is 29.9. The van der Waals surface area contributed by atoms with E-state index in [4.69, 9.17) is 0 Å². The van der Waals surface area contributed by atoms with Gasteiger partial charge in [0.05, 0.1) is 12.5 Å². The molecule has 4 aliphatic rings. The average molecular weight is 403 g/mol. The Labute approximate surface area is 178 Å². The molecule has 4 bridgehead atoms. The average Bonchev–Trinajstić information content (AvgIpc) is 2.73. The molecule has 1 atom stereocenters. The van der Waals surface area contributed by atoms with Gasteiger partial charge in [-0.2, -0.15) is 0 Å². The summed E-state index contributed by atoms with van der Waals surface area (Å²) in [4.78, 5) is 25.9. The SMILES string of the molecule is O=C(C[C@H](NC(=O)c1ccccc1)c1ccccc1)NC12CC3CC(CC(C3)C1)C2. The Hall–Kier alpha value is -2.62. The number of amides is 2. The molecule has 0 aliphatic heterocycles. The number of nitrogens with one attached hydrogen (secondary N) is 2.